The molecule has 0 bridgehead atoms. The minimum Gasteiger partial charge on any atom is -0.870 e. The number of unbranched alkanes of at least 4 members (excludes halogenated alkanes) is 1. The molecule has 0 spiro atoms. The number of nitrogens with zero attached hydrogens (tertiary/aromatic N) is 8. The number of aliphatic hydroxyl groups excluding tert-OH is 1. The molecule has 0 heterocycles. The zero-order chi connectivity index (χ0) is 27.6. The maximum atomic E-state index is 8.24. The molecule has 0 atom stereocenters. The van der Waals surface area contributed by atoms with E-state index in [0.717, 1.165) is 35.7 Å². The van der Waals surface area contributed by atoms with Crippen LogP contribution in [0, 0.1) is 57.3 Å². The van der Waals surface area contributed by atoms with Crippen molar-refractivity contribution in [3.8, 4) is 31.0 Å². The van der Waals surface area contributed by atoms with E-state index in [4.69, 9.17) is 68.7 Å². The summed E-state index contributed by atoms with van der Waals surface area (Å²) in [6.07, 6.45) is 9.81. The second kappa shape index (κ2) is 152. The van der Waals surface area contributed by atoms with Crippen LogP contribution in [0.15, 0.2) is 11.4 Å². The molecule has 20 nitrogen and oxygen atoms in total. The van der Waals surface area contributed by atoms with Gasteiger partial charge in [0.15, 0.2) is 12.4 Å². The average molecular weight is 587 g/mol. The fourth-order valence-electron chi connectivity index (χ4n) is 0.115. The average Bonchev–Trinajstić information content (AvgIpc) is 2.71. The van der Waals surface area contributed by atoms with E-state index < -0.39 is 0 Å². The van der Waals surface area contributed by atoms with Crippen molar-refractivity contribution in [3.05, 3.63) is 0 Å². The van der Waals surface area contributed by atoms with Crippen LogP contribution in [0.2, 0.25) is 0 Å². The van der Waals surface area contributed by atoms with Crippen molar-refractivity contribution in [3.63, 3.8) is 0 Å². The van der Waals surface area contributed by atoms with Crippen molar-refractivity contribution in [2.24, 2.45) is 45.8 Å². The van der Waals surface area contributed by atoms with Gasteiger partial charge in [-0.15, -0.1) is 9.98 Å². The van der Waals surface area contributed by atoms with Crippen LogP contribution in [-0.2, 0) is 14.4 Å². The van der Waals surface area contributed by atoms with Crippen LogP contribution < -0.4 is 34.4 Å². The van der Waals surface area contributed by atoms with Gasteiger partial charge in [0.05, 0.1) is 0 Å². The van der Waals surface area contributed by atoms with Crippen molar-refractivity contribution in [2.45, 2.75) is 41.5 Å². The largest absolute Gasteiger partial charge is 2.00 e. The molecule has 0 unspecified atom stereocenters. The Morgan fingerprint density at radius 1 is 0.838 bits per heavy atom. The Labute approximate surface area is 270 Å². The van der Waals surface area contributed by atoms with Crippen LogP contribution in [0.1, 0.15) is 41.5 Å². The maximum absolute atomic E-state index is 8.24. The minimum atomic E-state index is -0.197. The molecule has 0 aliphatic rings. The van der Waals surface area contributed by atoms with E-state index in [1.54, 1.807) is 6.19 Å². The van der Waals surface area contributed by atoms with Crippen LogP contribution in [0.3, 0.4) is 0 Å². The van der Waals surface area contributed by atoms with Crippen LogP contribution in [-0.4, -0.2) is 114 Å². The molecular formula is C15H34Ca2N14O6. The number of hydrogen-bond acceptors (Lipinski definition) is 14. The quantitative estimate of drug-likeness (QED) is 0.0398. The monoisotopic (exact) mass is 586 g/mol. The van der Waals surface area contributed by atoms with E-state index in [0.29, 0.717) is 6.47 Å². The van der Waals surface area contributed by atoms with Gasteiger partial charge >= 0.3 is 92.4 Å². The van der Waals surface area contributed by atoms with Gasteiger partial charge in [-0.2, -0.15) is 30.6 Å². The van der Waals surface area contributed by atoms with Gasteiger partial charge in [-0.25, -0.2) is 0 Å². The molecule has 0 amide bonds. The summed E-state index contributed by atoms with van der Waals surface area (Å²) in [6.45, 7) is 4.86. The van der Waals surface area contributed by atoms with E-state index >= 15 is 0 Å². The van der Waals surface area contributed by atoms with Crippen molar-refractivity contribution in [1.29, 1.82) is 26.3 Å². The molecule has 0 radical (unpaired) electrons. The van der Waals surface area contributed by atoms with Crippen LogP contribution in [0.25, 0.3) is 0 Å². The Hall–Kier alpha value is -3.32. The van der Waals surface area contributed by atoms with Crippen molar-refractivity contribution in [1.82, 2.24) is 0 Å². The first-order valence-electron chi connectivity index (χ1n) is 7.03. The number of carbonyl (C=O) groups excluding carboxylic acids is 2. The number of aliphatic imine (C=N–C) groups is 2. The van der Waals surface area contributed by atoms with E-state index in [9.17, 15) is 0 Å². The number of rotatable bonds is 1. The molecule has 0 rings (SSSR count). The predicted molar refractivity (Wildman–Crippen MR) is 135 cm³/mol. The summed E-state index contributed by atoms with van der Waals surface area (Å²) in [7, 11) is 0. The molecule has 204 valence electrons. The Morgan fingerprint density at radius 3 is 0.973 bits per heavy atom. The topological polar surface area (TPSA) is 445 Å². The van der Waals surface area contributed by atoms with E-state index in [2.05, 4.69) is 36.7 Å². The van der Waals surface area contributed by atoms with Gasteiger partial charge in [0.1, 0.15) is 0 Å². The van der Waals surface area contributed by atoms with Crippen LogP contribution in [0.4, 0.5) is 0 Å². The minimum absolute atomic E-state index is 0. The van der Waals surface area contributed by atoms with Crippen molar-refractivity contribution >= 4 is 98.0 Å². The van der Waals surface area contributed by atoms with Crippen molar-refractivity contribution < 1.29 is 30.4 Å². The van der Waals surface area contributed by atoms with Gasteiger partial charge in [0.2, 0.25) is 24.3 Å². The molecule has 16 N–H and O–H groups in total. The zero-order valence-electron chi connectivity index (χ0n) is 19.0. The summed E-state index contributed by atoms with van der Waals surface area (Å²) in [6, 6.07) is 0. The maximum Gasteiger partial charge on any atom is 2.00 e. The summed E-state index contributed by atoms with van der Waals surface area (Å²) in [4.78, 5) is 30.3. The standard InChI is InChI=1S/C4H10.2C2H4N4.2CH2N2.CN2.CHO2.CO2.2CH4.2Ca.2H2O/c1-3-4-2;2*3-1-6-2(4)5;5*2-1-3;;;;;;/h3-4H2,1-2H3;2*(H4,4,5,6);2*2H2;;(H,2,3);;2*1H4;;;2*1H2/q;;;;;;-1;;;;;+2;;/p-1. The molecule has 0 saturated carbocycles. The summed E-state index contributed by atoms with van der Waals surface area (Å²) < 4.78 is 3.17. The van der Waals surface area contributed by atoms with Crippen LogP contribution >= 0.6 is 0 Å². The van der Waals surface area contributed by atoms with Gasteiger partial charge < -0.3 is 55.3 Å². The molecule has 0 saturated heterocycles. The van der Waals surface area contributed by atoms with Gasteiger partial charge in [-0.05, 0) is 0 Å². The van der Waals surface area contributed by atoms with Gasteiger partial charge in [-0.1, -0.05) is 48.0 Å². The summed E-state index contributed by atoms with van der Waals surface area (Å²) in [5.74, 6) is -0.394. The number of guanidine groups is 2. The first-order valence-corrected chi connectivity index (χ1v) is 8.02. The van der Waals surface area contributed by atoms with Gasteiger partial charge in [0.25, 0.3) is 0 Å². The molecule has 0 aromatic heterocycles. The molecule has 0 aliphatic heterocycles. The Balaban J connectivity index is -0.0000000161. The smallest absolute Gasteiger partial charge is 0.870 e. The first-order chi connectivity index (χ1) is 15.0. The third-order valence-electron chi connectivity index (χ3n) is 0.929. The number of nitrogens with two attached hydrogens (primary N) is 6. The summed E-state index contributed by atoms with van der Waals surface area (Å²) in [5.41, 5.74) is 27.1. The molecule has 22 heteroatoms. The molecule has 0 aromatic rings. The summed E-state index contributed by atoms with van der Waals surface area (Å²) >= 11 is 0.733. The third kappa shape index (κ3) is 1400. The fourth-order valence-corrected chi connectivity index (χ4v) is 0.115. The van der Waals surface area contributed by atoms with E-state index in [1.165, 1.54) is 37.6 Å². The Morgan fingerprint density at radius 2 is 0.973 bits per heavy atom. The fraction of sp³-hybridized carbons (Fsp3) is 0.400. The number of hydrogen-bond donors (Lipinski definition) is 7. The summed E-state index contributed by atoms with van der Waals surface area (Å²) in [5, 5.41) is 43.7. The predicted octanol–water partition coefficient (Wildman–Crippen LogP) is -3.12. The second-order valence-corrected chi connectivity index (χ2v) is 3.46. The molecule has 0 aliphatic carbocycles. The Bertz CT molecular complexity index is 649. The van der Waals surface area contributed by atoms with Gasteiger partial charge in [-0.3, -0.25) is 0 Å². The SMILES string of the molecule is C.C.CCCC.N#CN.N#CN.N#CN=C(N)N.N#CN=C(N)N.N#C[N]=[Ca].O.O=C=O.O=[C-]O.[Ca+2].[OH-]. The van der Waals surface area contributed by atoms with E-state index in [1.807, 2.05) is 0 Å². The Kier molecular flexibility index (Phi) is 346. The first kappa shape index (κ1) is 84.1. The number of nitriles is 5. The third-order valence-corrected chi connectivity index (χ3v) is 1.15. The second-order valence-electron chi connectivity index (χ2n) is 2.96. The molecule has 0 aromatic carbocycles. The van der Waals surface area contributed by atoms with Crippen molar-refractivity contribution in [2.75, 3.05) is 0 Å². The molecular weight excluding hydrogens is 552 g/mol. The normalized spacial score (nSPS) is 4.08. The van der Waals surface area contributed by atoms with Gasteiger partial charge in [0, 0.05) is 0 Å². The zero-order valence-corrected chi connectivity index (χ0v) is 23.4. The van der Waals surface area contributed by atoms with Crippen LogP contribution in [0.5, 0.6) is 0 Å². The molecule has 37 heavy (non-hydrogen) atoms. The molecule has 0 fully saturated rings. The van der Waals surface area contributed by atoms with E-state index in [-0.39, 0.29) is 81.6 Å².